The molecule has 2 heterocycles. The van der Waals surface area contributed by atoms with Crippen molar-refractivity contribution in [2.24, 2.45) is 4.99 Å². The van der Waals surface area contributed by atoms with Crippen molar-refractivity contribution in [3.63, 3.8) is 0 Å². The van der Waals surface area contributed by atoms with Gasteiger partial charge >= 0.3 is 0 Å². The number of amides is 1. The maximum atomic E-state index is 13.3. The largest absolute Gasteiger partial charge is 0.342 e. The Kier molecular flexibility index (Phi) is 9.74. The lowest BCUT2D eigenvalue weighted by atomic mass is 10.1. The second-order valence-corrected chi connectivity index (χ2v) is 7.36. The smallest absolute Gasteiger partial charge is 0.219 e. The van der Waals surface area contributed by atoms with Crippen LogP contribution in [0.1, 0.15) is 26.7 Å². The fourth-order valence-corrected chi connectivity index (χ4v) is 3.43. The van der Waals surface area contributed by atoms with Gasteiger partial charge in [-0.3, -0.25) is 14.7 Å². The molecule has 1 saturated heterocycles. The van der Waals surface area contributed by atoms with Crippen molar-refractivity contribution in [3.8, 4) is 0 Å². The number of allylic oxidation sites excluding steroid dienone is 6. The van der Waals surface area contributed by atoms with Gasteiger partial charge in [0.1, 0.15) is 0 Å². The fraction of sp³-hybridized carbons (Fsp3) is 0.478. The number of nitrogens with zero attached hydrogens (tertiary/aromatic N) is 3. The van der Waals surface area contributed by atoms with Crippen LogP contribution in [-0.2, 0) is 4.79 Å². The van der Waals surface area contributed by atoms with Crippen molar-refractivity contribution in [3.05, 3.63) is 60.1 Å². The molecule has 6 heteroatoms. The minimum absolute atomic E-state index is 0.0145. The topological polar surface area (TPSA) is 47.9 Å². The third-order valence-corrected chi connectivity index (χ3v) is 5.10. The monoisotopic (exact) mass is 400 g/mol. The molecule has 1 amide bonds. The van der Waals surface area contributed by atoms with E-state index >= 15 is 0 Å². The summed E-state index contributed by atoms with van der Waals surface area (Å²) in [5, 5.41) is 3.57. The summed E-state index contributed by atoms with van der Waals surface area (Å²) in [4.78, 5) is 20.4. The average molecular weight is 401 g/mol. The molecule has 5 nitrogen and oxygen atoms in total. The van der Waals surface area contributed by atoms with E-state index in [9.17, 15) is 9.18 Å². The van der Waals surface area contributed by atoms with Gasteiger partial charge in [-0.05, 0) is 44.0 Å². The van der Waals surface area contributed by atoms with Crippen LogP contribution in [0, 0.1) is 0 Å². The Labute approximate surface area is 174 Å². The van der Waals surface area contributed by atoms with Gasteiger partial charge in [-0.25, -0.2) is 4.39 Å². The highest BCUT2D eigenvalue weighted by atomic mass is 19.1. The van der Waals surface area contributed by atoms with Gasteiger partial charge in [0.2, 0.25) is 5.91 Å². The molecule has 2 aliphatic rings. The lowest BCUT2D eigenvalue weighted by Crippen LogP contribution is -2.44. The first-order valence-corrected chi connectivity index (χ1v) is 10.3. The first-order valence-electron chi connectivity index (χ1n) is 10.3. The zero-order valence-electron chi connectivity index (χ0n) is 17.6. The van der Waals surface area contributed by atoms with Crippen molar-refractivity contribution in [2.75, 3.05) is 39.3 Å². The number of hydrogen-bond acceptors (Lipinski definition) is 4. The predicted octanol–water partition coefficient (Wildman–Crippen LogP) is 3.40. The third-order valence-electron chi connectivity index (χ3n) is 5.10. The normalized spacial score (nSPS) is 20.1. The van der Waals surface area contributed by atoms with Gasteiger partial charge in [-0.2, -0.15) is 0 Å². The van der Waals surface area contributed by atoms with Gasteiger partial charge in [0.05, 0.1) is 11.5 Å². The summed E-state index contributed by atoms with van der Waals surface area (Å²) >= 11 is 0. The third kappa shape index (κ3) is 8.30. The van der Waals surface area contributed by atoms with E-state index in [1.807, 2.05) is 11.0 Å². The summed E-state index contributed by atoms with van der Waals surface area (Å²) in [6, 6.07) is -0.0145. The molecule has 0 radical (unpaired) electrons. The molecule has 158 valence electrons. The van der Waals surface area contributed by atoms with Crippen LogP contribution in [0.5, 0.6) is 0 Å². The Morgan fingerprint density at radius 3 is 2.86 bits per heavy atom. The number of hydrogen-bond donors (Lipinski definition) is 1. The number of nitrogens with one attached hydrogen (secondary N) is 1. The zero-order chi connectivity index (χ0) is 21.1. The van der Waals surface area contributed by atoms with Crippen LogP contribution in [0.3, 0.4) is 0 Å². The summed E-state index contributed by atoms with van der Waals surface area (Å²) in [5.41, 5.74) is 1.92. The van der Waals surface area contributed by atoms with E-state index in [1.165, 1.54) is 13.0 Å². The number of carbonyl (C=O) groups is 1. The number of halogens is 1. The van der Waals surface area contributed by atoms with Crippen LogP contribution < -0.4 is 5.32 Å². The molecular formula is C23H33FN4O. The molecule has 0 saturated carbocycles. The zero-order valence-corrected chi connectivity index (χ0v) is 17.6. The predicted molar refractivity (Wildman–Crippen MR) is 119 cm³/mol. The average Bonchev–Trinajstić information content (AvgIpc) is 3.09. The van der Waals surface area contributed by atoms with Gasteiger partial charge in [-0.15, -0.1) is 0 Å². The first-order chi connectivity index (χ1) is 14.0. The maximum absolute atomic E-state index is 13.3. The van der Waals surface area contributed by atoms with Gasteiger partial charge in [-0.1, -0.05) is 30.9 Å². The molecule has 0 aromatic rings. The highest BCUT2D eigenvalue weighted by Crippen LogP contribution is 2.12. The molecule has 1 atom stereocenters. The molecule has 2 aliphatic heterocycles. The number of rotatable bonds is 8. The van der Waals surface area contributed by atoms with E-state index < -0.39 is 0 Å². The quantitative estimate of drug-likeness (QED) is 0.636. The molecule has 0 spiro atoms. The second-order valence-electron chi connectivity index (χ2n) is 7.36. The first kappa shape index (κ1) is 23.0. The van der Waals surface area contributed by atoms with Gasteiger partial charge in [0.15, 0.2) is 0 Å². The summed E-state index contributed by atoms with van der Waals surface area (Å²) in [7, 11) is 0. The molecular weight excluding hydrogens is 367 g/mol. The summed E-state index contributed by atoms with van der Waals surface area (Å²) in [6.45, 7) is 11.7. The van der Waals surface area contributed by atoms with Crippen molar-refractivity contribution in [1.82, 2.24) is 15.1 Å². The minimum Gasteiger partial charge on any atom is -0.342 e. The fourth-order valence-electron chi connectivity index (χ4n) is 3.43. The van der Waals surface area contributed by atoms with Crippen molar-refractivity contribution in [1.29, 1.82) is 0 Å². The molecule has 29 heavy (non-hydrogen) atoms. The Morgan fingerprint density at radius 1 is 1.31 bits per heavy atom. The Hall–Kier alpha value is -2.31. The van der Waals surface area contributed by atoms with E-state index in [0.29, 0.717) is 6.54 Å². The minimum atomic E-state index is -0.239. The molecule has 1 N–H and O–H groups in total. The molecule has 0 aromatic carbocycles. The van der Waals surface area contributed by atoms with E-state index in [-0.39, 0.29) is 17.8 Å². The molecule has 2 rings (SSSR count). The van der Waals surface area contributed by atoms with Crippen molar-refractivity contribution in [2.45, 2.75) is 32.7 Å². The highest BCUT2D eigenvalue weighted by molar-refractivity contribution is 5.73. The van der Waals surface area contributed by atoms with Crippen LogP contribution in [0.15, 0.2) is 65.1 Å². The van der Waals surface area contributed by atoms with E-state index in [1.54, 1.807) is 25.3 Å². The molecule has 0 bridgehead atoms. The number of carbonyl (C=O) groups excluding carboxylic acids is 1. The molecule has 0 aliphatic carbocycles. The van der Waals surface area contributed by atoms with E-state index in [2.05, 4.69) is 33.9 Å². The van der Waals surface area contributed by atoms with Crippen LogP contribution in [0.4, 0.5) is 4.39 Å². The van der Waals surface area contributed by atoms with E-state index in [0.717, 1.165) is 56.8 Å². The van der Waals surface area contributed by atoms with E-state index in [4.69, 9.17) is 0 Å². The standard InChI is InChI=1S/C23H33FN4O/c1-4-21(11-10-19(2)24)23(26-17-22-9-6-5-7-12-25-22)18-27-13-8-14-28(16-15-27)20(3)29/h4-5,7,9-12,23,26H,1,6,8,13-18H2,2-3H3/b19-10+,21-11+. The van der Waals surface area contributed by atoms with Crippen LogP contribution >= 0.6 is 0 Å². The van der Waals surface area contributed by atoms with Crippen LogP contribution in [0.2, 0.25) is 0 Å². The molecule has 1 fully saturated rings. The Bertz CT molecular complexity index is 716. The van der Waals surface area contributed by atoms with Crippen molar-refractivity contribution >= 4 is 12.1 Å². The summed E-state index contributed by atoms with van der Waals surface area (Å²) < 4.78 is 13.3. The van der Waals surface area contributed by atoms with Crippen LogP contribution in [-0.4, -0.2) is 67.2 Å². The number of aliphatic imine (C=N–C) groups is 1. The second kappa shape index (κ2) is 12.3. The van der Waals surface area contributed by atoms with Gasteiger partial charge < -0.3 is 10.2 Å². The Morgan fingerprint density at radius 2 is 2.14 bits per heavy atom. The van der Waals surface area contributed by atoms with Crippen LogP contribution in [0.25, 0.3) is 0 Å². The summed E-state index contributed by atoms with van der Waals surface area (Å²) in [6.07, 6.45) is 14.8. The molecule has 1 unspecified atom stereocenters. The maximum Gasteiger partial charge on any atom is 0.219 e. The lowest BCUT2D eigenvalue weighted by Gasteiger charge is -2.28. The SMILES string of the molecule is C=C/C(=C\C=C(/C)F)C(CN1CCCN(C(C)=O)CC1)NCC1=CCC=CC=N1. The lowest BCUT2D eigenvalue weighted by molar-refractivity contribution is -0.128. The highest BCUT2D eigenvalue weighted by Gasteiger charge is 2.21. The summed E-state index contributed by atoms with van der Waals surface area (Å²) in [5.74, 6) is -0.111. The molecule has 0 aromatic heterocycles. The van der Waals surface area contributed by atoms with Gasteiger partial charge in [0.25, 0.3) is 0 Å². The van der Waals surface area contributed by atoms with Crippen molar-refractivity contribution < 1.29 is 9.18 Å². The Balaban J connectivity index is 2.09. The van der Waals surface area contributed by atoms with Gasteiger partial charge in [0, 0.05) is 51.9 Å².